The fourth-order valence-corrected chi connectivity index (χ4v) is 3.29. The van der Waals surface area contributed by atoms with Crippen LogP contribution in [0.15, 0.2) is 47.0 Å². The second kappa shape index (κ2) is 7.67. The monoisotopic (exact) mass is 427 g/mol. The predicted octanol–water partition coefficient (Wildman–Crippen LogP) is 3.06. The lowest BCUT2D eigenvalue weighted by molar-refractivity contribution is 0.0907. The van der Waals surface area contributed by atoms with Crippen LogP contribution in [0.5, 0.6) is 11.5 Å². The number of nitrogens with zero attached hydrogens (tertiary/aromatic N) is 4. The molecular weight excluding hydrogens is 412 g/mol. The maximum Gasteiger partial charge on any atom is 0.316 e. The van der Waals surface area contributed by atoms with Crippen molar-refractivity contribution in [2.45, 2.75) is 19.5 Å². The Morgan fingerprint density at radius 1 is 1.13 bits per heavy atom. The van der Waals surface area contributed by atoms with Crippen LogP contribution in [0, 0.1) is 0 Å². The van der Waals surface area contributed by atoms with E-state index in [-0.39, 0.29) is 31.6 Å². The maximum atomic E-state index is 13.4. The highest BCUT2D eigenvalue weighted by atomic mass is 19.3. The molecule has 1 amide bonds. The molecule has 0 aliphatic carbocycles. The van der Waals surface area contributed by atoms with Crippen molar-refractivity contribution >= 4 is 16.9 Å². The van der Waals surface area contributed by atoms with E-state index >= 15 is 0 Å². The number of halogens is 2. The number of para-hydroxylation sites is 2. The Morgan fingerprint density at radius 2 is 1.97 bits per heavy atom. The molecule has 2 aromatic carbocycles. The van der Waals surface area contributed by atoms with Crippen molar-refractivity contribution in [1.29, 1.82) is 0 Å². The molecule has 4 aromatic rings. The third-order valence-corrected chi connectivity index (χ3v) is 4.73. The number of nitrogens with one attached hydrogen (secondary N) is 1. The van der Waals surface area contributed by atoms with Gasteiger partial charge in [-0.15, -0.1) is 0 Å². The summed E-state index contributed by atoms with van der Waals surface area (Å²) in [6.45, 7) is 0.253. The van der Waals surface area contributed by atoms with E-state index in [4.69, 9.17) is 14.0 Å². The van der Waals surface area contributed by atoms with Gasteiger partial charge in [-0.25, -0.2) is 13.8 Å². The molecule has 11 heteroatoms. The number of rotatable bonds is 6. The second-order valence-corrected chi connectivity index (χ2v) is 6.73. The summed E-state index contributed by atoms with van der Waals surface area (Å²) in [7, 11) is 0. The number of carbonyl (C=O) groups excluding carboxylic acids is 1. The van der Waals surface area contributed by atoms with Gasteiger partial charge in [0, 0.05) is 6.54 Å². The Balaban J connectivity index is 1.30. The predicted molar refractivity (Wildman–Crippen MR) is 102 cm³/mol. The number of carbonyl (C=O) groups is 1. The van der Waals surface area contributed by atoms with Crippen LogP contribution in [-0.2, 0) is 13.1 Å². The van der Waals surface area contributed by atoms with E-state index in [0.29, 0.717) is 22.5 Å². The largest absolute Gasteiger partial charge is 0.454 e. The molecule has 0 fully saturated rings. The molecule has 0 spiro atoms. The van der Waals surface area contributed by atoms with Gasteiger partial charge in [0.1, 0.15) is 0 Å². The zero-order valence-electron chi connectivity index (χ0n) is 15.9. The number of amides is 1. The Labute approximate surface area is 173 Å². The first kappa shape index (κ1) is 19.0. The maximum absolute atomic E-state index is 13.4. The Hall–Kier alpha value is -4.02. The van der Waals surface area contributed by atoms with Crippen LogP contribution in [0.1, 0.15) is 34.3 Å². The number of hydrogen-bond donors (Lipinski definition) is 1. The Kier molecular flexibility index (Phi) is 4.69. The molecule has 9 nitrogen and oxygen atoms in total. The first-order chi connectivity index (χ1) is 15.1. The van der Waals surface area contributed by atoms with Crippen LogP contribution < -0.4 is 14.8 Å². The lowest BCUT2D eigenvalue weighted by Crippen LogP contribution is -2.23. The summed E-state index contributed by atoms with van der Waals surface area (Å²) in [5, 5.41) is 6.41. The number of ether oxygens (including phenoxy) is 2. The van der Waals surface area contributed by atoms with Gasteiger partial charge < -0.3 is 23.9 Å². The van der Waals surface area contributed by atoms with Gasteiger partial charge >= 0.3 is 11.8 Å². The summed E-state index contributed by atoms with van der Waals surface area (Å²) in [5.41, 5.74) is 1.74. The standard InChI is InChI=1S/C20H15F2N5O4/c21-17(22)18-24-12-3-1-2-4-13(12)27(18)9-16-25-20(31-26-16)19(28)23-8-11-5-6-14-15(7-11)30-10-29-14/h1-7,17H,8-10H2,(H,23,28). The third-order valence-electron chi connectivity index (χ3n) is 4.73. The summed E-state index contributed by atoms with van der Waals surface area (Å²) in [6.07, 6.45) is -2.77. The molecule has 0 unspecified atom stereocenters. The summed E-state index contributed by atoms with van der Waals surface area (Å²) in [4.78, 5) is 20.4. The SMILES string of the molecule is O=C(NCc1ccc2c(c1)OCO2)c1nc(Cn2c(C(F)F)nc3ccccc32)no1. The van der Waals surface area contributed by atoms with Gasteiger partial charge in [0.15, 0.2) is 23.1 Å². The fourth-order valence-electron chi connectivity index (χ4n) is 3.29. The van der Waals surface area contributed by atoms with E-state index in [0.717, 1.165) is 5.56 Å². The van der Waals surface area contributed by atoms with Gasteiger partial charge in [-0.1, -0.05) is 23.4 Å². The van der Waals surface area contributed by atoms with Crippen molar-refractivity contribution in [2.24, 2.45) is 0 Å². The molecule has 31 heavy (non-hydrogen) atoms. The van der Waals surface area contributed by atoms with Gasteiger partial charge in [0.2, 0.25) is 6.79 Å². The van der Waals surface area contributed by atoms with Crippen molar-refractivity contribution in [3.8, 4) is 11.5 Å². The van der Waals surface area contributed by atoms with Crippen molar-refractivity contribution in [2.75, 3.05) is 6.79 Å². The van der Waals surface area contributed by atoms with E-state index < -0.39 is 18.2 Å². The van der Waals surface area contributed by atoms with Crippen LogP contribution in [0.25, 0.3) is 11.0 Å². The summed E-state index contributed by atoms with van der Waals surface area (Å²) in [6, 6.07) is 12.1. The third kappa shape index (κ3) is 3.65. The zero-order chi connectivity index (χ0) is 21.4. The van der Waals surface area contributed by atoms with Gasteiger partial charge in [-0.2, -0.15) is 4.98 Å². The van der Waals surface area contributed by atoms with Gasteiger partial charge in [-0.05, 0) is 29.8 Å². The number of fused-ring (bicyclic) bond motifs is 2. The minimum Gasteiger partial charge on any atom is -0.454 e. The van der Waals surface area contributed by atoms with Crippen LogP contribution in [0.4, 0.5) is 8.78 Å². The molecule has 0 saturated carbocycles. The van der Waals surface area contributed by atoms with Crippen molar-refractivity contribution in [3.05, 3.63) is 65.6 Å². The van der Waals surface area contributed by atoms with Gasteiger partial charge in [0.25, 0.3) is 6.43 Å². The minimum absolute atomic E-state index is 0.0817. The smallest absolute Gasteiger partial charge is 0.316 e. The molecular formula is C20H15F2N5O4. The van der Waals surface area contributed by atoms with E-state index in [9.17, 15) is 13.6 Å². The van der Waals surface area contributed by atoms with Gasteiger partial charge in [-0.3, -0.25) is 4.79 Å². The van der Waals surface area contributed by atoms with Crippen molar-refractivity contribution in [3.63, 3.8) is 0 Å². The zero-order valence-corrected chi connectivity index (χ0v) is 15.9. The number of aromatic nitrogens is 4. The average Bonchev–Trinajstić information content (AvgIpc) is 3.51. The lowest BCUT2D eigenvalue weighted by Gasteiger charge is -2.05. The van der Waals surface area contributed by atoms with Gasteiger partial charge in [0.05, 0.1) is 17.6 Å². The molecule has 0 bridgehead atoms. The van der Waals surface area contributed by atoms with Crippen LogP contribution in [-0.4, -0.2) is 32.4 Å². The molecule has 0 saturated heterocycles. The molecule has 1 aliphatic rings. The minimum atomic E-state index is -2.77. The highest BCUT2D eigenvalue weighted by Crippen LogP contribution is 2.32. The van der Waals surface area contributed by atoms with E-state index in [1.165, 1.54) is 4.57 Å². The highest BCUT2D eigenvalue weighted by molar-refractivity contribution is 5.89. The summed E-state index contributed by atoms with van der Waals surface area (Å²) in [5.74, 6) is 0.0823. The quantitative estimate of drug-likeness (QED) is 0.504. The molecule has 0 atom stereocenters. The first-order valence-electron chi connectivity index (χ1n) is 9.31. The fraction of sp³-hybridized carbons (Fsp3) is 0.200. The van der Waals surface area contributed by atoms with Crippen molar-refractivity contribution < 1.29 is 27.6 Å². The summed E-state index contributed by atoms with van der Waals surface area (Å²) >= 11 is 0. The molecule has 0 radical (unpaired) electrons. The molecule has 1 N–H and O–H groups in total. The number of alkyl halides is 2. The van der Waals surface area contributed by atoms with E-state index in [2.05, 4.69) is 20.4 Å². The molecule has 1 aliphatic heterocycles. The number of benzene rings is 2. The van der Waals surface area contributed by atoms with Crippen LogP contribution in [0.2, 0.25) is 0 Å². The molecule has 2 aromatic heterocycles. The second-order valence-electron chi connectivity index (χ2n) is 6.73. The van der Waals surface area contributed by atoms with Crippen LogP contribution in [0.3, 0.4) is 0 Å². The van der Waals surface area contributed by atoms with Crippen LogP contribution >= 0.6 is 0 Å². The van der Waals surface area contributed by atoms with Crippen molar-refractivity contribution in [1.82, 2.24) is 25.0 Å². The molecule has 3 heterocycles. The number of hydrogen-bond acceptors (Lipinski definition) is 7. The van der Waals surface area contributed by atoms with E-state index in [1.807, 2.05) is 0 Å². The molecule has 158 valence electrons. The summed E-state index contributed by atoms with van der Waals surface area (Å²) < 4.78 is 43.7. The Bertz CT molecular complexity index is 1270. The molecule has 5 rings (SSSR count). The highest BCUT2D eigenvalue weighted by Gasteiger charge is 2.22. The van der Waals surface area contributed by atoms with E-state index in [1.54, 1.807) is 42.5 Å². The Morgan fingerprint density at radius 3 is 2.84 bits per heavy atom. The normalized spacial score (nSPS) is 12.6. The topological polar surface area (TPSA) is 104 Å². The number of imidazole rings is 1. The first-order valence-corrected chi connectivity index (χ1v) is 9.31. The lowest BCUT2D eigenvalue weighted by atomic mass is 10.2. The average molecular weight is 427 g/mol.